The van der Waals surface area contributed by atoms with Gasteiger partial charge in [0.2, 0.25) is 0 Å². The quantitative estimate of drug-likeness (QED) is 0.370. The van der Waals surface area contributed by atoms with Gasteiger partial charge in [-0.05, 0) is 30.2 Å². The van der Waals surface area contributed by atoms with E-state index in [1.165, 1.54) is 26.2 Å². The molecule has 1 saturated heterocycles. The predicted octanol–water partition coefficient (Wildman–Crippen LogP) is 3.54. The maximum absolute atomic E-state index is 13.6. The highest BCUT2D eigenvalue weighted by Gasteiger charge is 2.71. The molecule has 9 nitrogen and oxygen atoms in total. The highest BCUT2D eigenvalue weighted by Crippen LogP contribution is 2.55. The third kappa shape index (κ3) is 3.13. The van der Waals surface area contributed by atoms with Crippen LogP contribution in [-0.4, -0.2) is 44.1 Å². The first-order valence-electron chi connectivity index (χ1n) is 10.4. The third-order valence-electron chi connectivity index (χ3n) is 6.56. The van der Waals surface area contributed by atoms with E-state index in [0.29, 0.717) is 22.7 Å². The molecule has 2 aliphatic rings. The summed E-state index contributed by atoms with van der Waals surface area (Å²) in [5.41, 5.74) is -1.16. The Labute approximate surface area is 195 Å². The second kappa shape index (κ2) is 8.22. The number of nitrogens with zero attached hydrogens (tertiary/aromatic N) is 2. The number of para-hydroxylation sites is 1. The van der Waals surface area contributed by atoms with E-state index in [1.54, 1.807) is 43.3 Å². The van der Waals surface area contributed by atoms with E-state index in [1.807, 2.05) is 0 Å². The molecule has 1 fully saturated rings. The van der Waals surface area contributed by atoms with E-state index < -0.39 is 40.3 Å². The monoisotopic (exact) mass is 474 g/mol. The molecule has 174 valence electrons. The number of halogens is 1. The van der Waals surface area contributed by atoms with Crippen molar-refractivity contribution in [2.24, 2.45) is 5.92 Å². The summed E-state index contributed by atoms with van der Waals surface area (Å²) in [4.78, 5) is 40.2. The molecule has 2 aliphatic heterocycles. The standard InChI is InChI=1S/C23H23ClN2O7/c1-5-13-18(12-9-10-16(31-3)17(11-12)32-4)20(26(29)30)23(33-21(13)27)14-7-6-8-15(24)19(14)25(2)22(23)28/h6-11,13,18,20H,5H2,1-4H3/t13-,18-,20+,23-/m1/s1. The van der Waals surface area contributed by atoms with Crippen LogP contribution in [0, 0.1) is 16.0 Å². The maximum Gasteiger partial charge on any atom is 0.311 e. The highest BCUT2D eigenvalue weighted by molar-refractivity contribution is 6.35. The summed E-state index contributed by atoms with van der Waals surface area (Å²) in [6, 6.07) is 8.00. The average molecular weight is 475 g/mol. The molecule has 0 aromatic heterocycles. The Morgan fingerprint density at radius 2 is 1.88 bits per heavy atom. The molecule has 0 unspecified atom stereocenters. The molecule has 2 heterocycles. The van der Waals surface area contributed by atoms with Crippen LogP contribution in [0.4, 0.5) is 5.69 Å². The van der Waals surface area contributed by atoms with Gasteiger partial charge in [0.25, 0.3) is 17.6 Å². The molecule has 0 saturated carbocycles. The lowest BCUT2D eigenvalue weighted by Crippen LogP contribution is -2.62. The van der Waals surface area contributed by atoms with Gasteiger partial charge in [-0.3, -0.25) is 19.7 Å². The number of hydrogen-bond donors (Lipinski definition) is 0. The fourth-order valence-electron chi connectivity index (χ4n) is 5.10. The Morgan fingerprint density at radius 3 is 2.48 bits per heavy atom. The van der Waals surface area contributed by atoms with Crippen LogP contribution in [0.25, 0.3) is 0 Å². The van der Waals surface area contributed by atoms with Gasteiger partial charge >= 0.3 is 5.97 Å². The number of fused-ring (bicyclic) bond motifs is 2. The SMILES string of the molecule is CC[C@H]1C(=O)O[C@@]2(C(=O)N(C)c3c(Cl)cccc32)[C@@H]([N+](=O)[O-])[C@@H]1c1ccc(OC)c(OC)c1. The predicted molar refractivity (Wildman–Crippen MR) is 119 cm³/mol. The van der Waals surface area contributed by atoms with Gasteiger partial charge in [0, 0.05) is 17.5 Å². The van der Waals surface area contributed by atoms with Gasteiger partial charge in [-0.15, -0.1) is 0 Å². The Morgan fingerprint density at radius 1 is 1.18 bits per heavy atom. The number of benzene rings is 2. The molecule has 0 bridgehead atoms. The molecule has 0 aliphatic carbocycles. The van der Waals surface area contributed by atoms with Crippen molar-refractivity contribution >= 4 is 29.2 Å². The average Bonchev–Trinajstić information content (AvgIpc) is 3.01. The summed E-state index contributed by atoms with van der Waals surface area (Å²) < 4.78 is 16.4. The molecule has 0 radical (unpaired) electrons. The van der Waals surface area contributed by atoms with E-state index in [9.17, 15) is 19.7 Å². The largest absolute Gasteiger partial charge is 0.493 e. The van der Waals surface area contributed by atoms with Gasteiger partial charge in [0.15, 0.2) is 11.5 Å². The number of nitro groups is 1. The lowest BCUT2D eigenvalue weighted by atomic mass is 9.69. The summed E-state index contributed by atoms with van der Waals surface area (Å²) in [5.74, 6) is -2.39. The van der Waals surface area contributed by atoms with Gasteiger partial charge in [0.1, 0.15) is 0 Å². The zero-order valence-corrected chi connectivity index (χ0v) is 19.3. The molecule has 10 heteroatoms. The number of methoxy groups -OCH3 is 2. The van der Waals surface area contributed by atoms with Crippen LogP contribution in [0.2, 0.25) is 5.02 Å². The number of amides is 1. The number of carbonyl (C=O) groups is 2. The molecule has 1 spiro atoms. The topological polar surface area (TPSA) is 108 Å². The lowest BCUT2D eigenvalue weighted by molar-refractivity contribution is -0.552. The Balaban J connectivity index is 2.00. The fourth-order valence-corrected chi connectivity index (χ4v) is 5.40. The first-order chi connectivity index (χ1) is 15.7. The lowest BCUT2D eigenvalue weighted by Gasteiger charge is -2.42. The number of rotatable bonds is 5. The Bertz CT molecular complexity index is 1150. The molecule has 33 heavy (non-hydrogen) atoms. The van der Waals surface area contributed by atoms with Crippen molar-refractivity contribution in [2.75, 3.05) is 26.2 Å². The van der Waals surface area contributed by atoms with Crippen molar-refractivity contribution in [1.29, 1.82) is 0 Å². The van der Waals surface area contributed by atoms with Gasteiger partial charge < -0.3 is 19.1 Å². The molecule has 2 aromatic rings. The molecule has 4 atom stereocenters. The van der Waals surface area contributed by atoms with E-state index in [-0.39, 0.29) is 17.0 Å². The van der Waals surface area contributed by atoms with Crippen molar-refractivity contribution in [3.8, 4) is 11.5 Å². The summed E-state index contributed by atoms with van der Waals surface area (Å²) in [6.45, 7) is 1.75. The first-order valence-corrected chi connectivity index (χ1v) is 10.8. The molecule has 2 aromatic carbocycles. The second-order valence-corrected chi connectivity index (χ2v) is 8.45. The van der Waals surface area contributed by atoms with Gasteiger partial charge in [-0.1, -0.05) is 36.7 Å². The normalized spacial score (nSPS) is 26.2. The van der Waals surface area contributed by atoms with E-state index >= 15 is 0 Å². The molecular formula is C23H23ClN2O7. The van der Waals surface area contributed by atoms with Crippen LogP contribution in [0.1, 0.15) is 30.4 Å². The molecule has 1 amide bonds. The molecule has 0 N–H and O–H groups in total. The third-order valence-corrected chi connectivity index (χ3v) is 6.86. The zero-order chi connectivity index (χ0) is 24.1. The van der Waals surface area contributed by atoms with Crippen molar-refractivity contribution in [1.82, 2.24) is 0 Å². The van der Waals surface area contributed by atoms with Crippen LogP contribution in [0.15, 0.2) is 36.4 Å². The first kappa shape index (κ1) is 22.8. The summed E-state index contributed by atoms with van der Waals surface area (Å²) in [7, 11) is 4.39. The van der Waals surface area contributed by atoms with Crippen molar-refractivity contribution < 1.29 is 28.7 Å². The highest BCUT2D eigenvalue weighted by atomic mass is 35.5. The zero-order valence-electron chi connectivity index (χ0n) is 18.5. The van der Waals surface area contributed by atoms with E-state index in [0.717, 1.165) is 0 Å². The number of ether oxygens (including phenoxy) is 3. The fraction of sp³-hybridized carbons (Fsp3) is 0.391. The van der Waals surface area contributed by atoms with Gasteiger partial charge in [0.05, 0.1) is 36.8 Å². The summed E-state index contributed by atoms with van der Waals surface area (Å²) in [5, 5.41) is 12.9. The van der Waals surface area contributed by atoms with E-state index in [2.05, 4.69) is 0 Å². The van der Waals surface area contributed by atoms with Crippen molar-refractivity contribution in [2.45, 2.75) is 30.9 Å². The second-order valence-electron chi connectivity index (χ2n) is 8.04. The summed E-state index contributed by atoms with van der Waals surface area (Å²) >= 11 is 6.34. The van der Waals surface area contributed by atoms with Crippen molar-refractivity contribution in [3.63, 3.8) is 0 Å². The molecule has 4 rings (SSSR count). The molecular weight excluding hydrogens is 452 g/mol. The minimum atomic E-state index is -2.14. The minimum absolute atomic E-state index is 0.206. The number of esters is 1. The van der Waals surface area contributed by atoms with E-state index in [4.69, 9.17) is 25.8 Å². The Kier molecular flexibility index (Phi) is 5.69. The number of carbonyl (C=O) groups excluding carboxylic acids is 2. The number of hydrogen-bond acceptors (Lipinski definition) is 7. The number of likely N-dealkylation sites (N-methyl/N-ethyl adjacent to an activating group) is 1. The van der Waals surface area contributed by atoms with Crippen LogP contribution in [0.5, 0.6) is 11.5 Å². The van der Waals surface area contributed by atoms with Crippen LogP contribution in [-0.2, 0) is 19.9 Å². The van der Waals surface area contributed by atoms with Crippen LogP contribution in [0.3, 0.4) is 0 Å². The Hall–Kier alpha value is -3.33. The number of anilines is 1. The van der Waals surface area contributed by atoms with Gasteiger partial charge in [-0.2, -0.15) is 0 Å². The van der Waals surface area contributed by atoms with Crippen LogP contribution >= 0.6 is 11.6 Å². The smallest absolute Gasteiger partial charge is 0.311 e. The van der Waals surface area contributed by atoms with Gasteiger partial charge in [-0.25, -0.2) is 0 Å². The maximum atomic E-state index is 13.6. The van der Waals surface area contributed by atoms with Crippen molar-refractivity contribution in [3.05, 3.63) is 62.7 Å². The minimum Gasteiger partial charge on any atom is -0.493 e. The summed E-state index contributed by atoms with van der Waals surface area (Å²) in [6.07, 6.45) is 0.282. The van der Waals surface area contributed by atoms with Crippen LogP contribution < -0.4 is 14.4 Å².